The molecular weight excluding hydrogens is 350 g/mol. The van der Waals surface area contributed by atoms with Crippen LogP contribution < -0.4 is 5.73 Å². The van der Waals surface area contributed by atoms with Crippen LogP contribution in [0.15, 0.2) is 24.8 Å². The minimum absolute atomic E-state index is 0.461. The number of hydrogen-bond donors (Lipinski definition) is 1. The summed E-state index contributed by atoms with van der Waals surface area (Å²) in [6.45, 7) is 7.61. The van der Waals surface area contributed by atoms with Crippen molar-refractivity contribution in [2.24, 2.45) is 5.73 Å². The van der Waals surface area contributed by atoms with E-state index >= 15 is 0 Å². The average Bonchev–Trinajstić information content (AvgIpc) is 2.67. The summed E-state index contributed by atoms with van der Waals surface area (Å²) in [5.41, 5.74) is 4.37. The maximum absolute atomic E-state index is 11.9. The van der Waals surface area contributed by atoms with Crippen LogP contribution in [0.1, 0.15) is 110 Å². The van der Waals surface area contributed by atoms with Gasteiger partial charge in [-0.15, -0.1) is 0 Å². The molecule has 0 saturated heterocycles. The van der Waals surface area contributed by atoms with Crippen LogP contribution >= 0.6 is 0 Å². The van der Waals surface area contributed by atoms with Gasteiger partial charge in [0.25, 0.3) is 5.91 Å². The third kappa shape index (κ3) is 12.7. The van der Waals surface area contributed by atoms with Gasteiger partial charge in [0.15, 0.2) is 5.60 Å². The molecule has 0 aliphatic heterocycles. The fourth-order valence-corrected chi connectivity index (χ4v) is 3.47. The Morgan fingerprint density at radius 1 is 0.821 bits per heavy atom. The highest BCUT2D eigenvalue weighted by Gasteiger charge is 2.38. The van der Waals surface area contributed by atoms with Gasteiger partial charge in [-0.1, -0.05) is 83.9 Å². The molecule has 0 saturated carbocycles. The number of nitrogens with two attached hydrogens (primary N) is 1. The molecule has 162 valence electrons. The predicted octanol–water partition coefficient (Wildman–Crippen LogP) is 6.39. The second-order valence-electron chi connectivity index (χ2n) is 7.71. The lowest BCUT2D eigenvalue weighted by Gasteiger charge is -2.29. The maximum atomic E-state index is 11.9. The molecule has 2 N–H and O–H groups in total. The molecule has 0 fully saturated rings. The van der Waals surface area contributed by atoms with Gasteiger partial charge >= 0.3 is 5.97 Å². The number of allylic oxidation sites excluding steroid dienone is 2. The summed E-state index contributed by atoms with van der Waals surface area (Å²) in [6, 6.07) is 0. The first kappa shape index (κ1) is 26.4. The lowest BCUT2D eigenvalue weighted by molar-refractivity contribution is -0.164. The molecule has 0 aromatic heterocycles. The summed E-state index contributed by atoms with van der Waals surface area (Å²) in [7, 11) is 0. The lowest BCUT2D eigenvalue weighted by Crippen LogP contribution is -2.47. The Balaban J connectivity index is 3.93. The van der Waals surface area contributed by atoms with Gasteiger partial charge in [-0.2, -0.15) is 0 Å². The van der Waals surface area contributed by atoms with Crippen molar-refractivity contribution in [3.8, 4) is 0 Å². The topological polar surface area (TPSA) is 69.4 Å². The van der Waals surface area contributed by atoms with Crippen LogP contribution in [-0.4, -0.2) is 17.5 Å². The van der Waals surface area contributed by atoms with Gasteiger partial charge < -0.3 is 10.5 Å². The summed E-state index contributed by atoms with van der Waals surface area (Å²) in [4.78, 5) is 23.5. The highest BCUT2D eigenvalue weighted by molar-refractivity contribution is 5.89. The van der Waals surface area contributed by atoms with Gasteiger partial charge in [0.2, 0.25) is 0 Å². The zero-order valence-electron chi connectivity index (χ0n) is 18.3. The molecule has 1 atom stereocenters. The van der Waals surface area contributed by atoms with Gasteiger partial charge in [-0.3, -0.25) is 4.79 Å². The van der Waals surface area contributed by atoms with E-state index in [0.717, 1.165) is 44.6 Å². The van der Waals surface area contributed by atoms with E-state index in [0.29, 0.717) is 12.8 Å². The Bertz CT molecular complexity index is 459. The molecule has 1 amide bonds. The highest BCUT2D eigenvalue weighted by atomic mass is 16.6. The van der Waals surface area contributed by atoms with Crippen LogP contribution in [0, 0.1) is 0 Å². The molecule has 0 aromatic rings. The molecule has 0 radical (unpaired) electrons. The van der Waals surface area contributed by atoms with Crippen LogP contribution in [0.4, 0.5) is 0 Å². The summed E-state index contributed by atoms with van der Waals surface area (Å²) in [6.07, 6.45) is 21.8. The van der Waals surface area contributed by atoms with Crippen LogP contribution in [0.25, 0.3) is 0 Å². The molecular formula is C24H43NO3. The number of primary amides is 1. The Morgan fingerprint density at radius 2 is 1.36 bits per heavy atom. The number of carbonyl (C=O) groups is 2. The molecule has 0 spiro atoms. The fourth-order valence-electron chi connectivity index (χ4n) is 3.47. The van der Waals surface area contributed by atoms with Crippen molar-refractivity contribution in [1.82, 2.24) is 0 Å². The normalized spacial score (nSPS) is 13.4. The van der Waals surface area contributed by atoms with Crippen molar-refractivity contribution in [3.05, 3.63) is 24.8 Å². The molecule has 0 rings (SSSR count). The van der Waals surface area contributed by atoms with Crippen LogP contribution in [0.5, 0.6) is 0 Å². The van der Waals surface area contributed by atoms with E-state index in [2.05, 4.69) is 25.7 Å². The summed E-state index contributed by atoms with van der Waals surface area (Å²) in [5, 5.41) is 0. The number of ether oxygens (including phenoxy) is 1. The molecule has 0 aliphatic carbocycles. The first-order chi connectivity index (χ1) is 13.5. The second-order valence-corrected chi connectivity index (χ2v) is 7.71. The van der Waals surface area contributed by atoms with Crippen molar-refractivity contribution >= 4 is 11.9 Å². The third-order valence-electron chi connectivity index (χ3n) is 5.16. The van der Waals surface area contributed by atoms with E-state index in [1.807, 2.05) is 6.92 Å². The van der Waals surface area contributed by atoms with Gasteiger partial charge in [0.1, 0.15) is 0 Å². The Hall–Kier alpha value is -1.58. The van der Waals surface area contributed by atoms with Gasteiger partial charge in [0.05, 0.1) is 0 Å². The molecule has 1 unspecified atom stereocenters. The van der Waals surface area contributed by atoms with E-state index in [-0.39, 0.29) is 0 Å². The summed E-state index contributed by atoms with van der Waals surface area (Å²) in [5.74, 6) is -1.13. The predicted molar refractivity (Wildman–Crippen MR) is 118 cm³/mol. The minimum atomic E-state index is -1.18. The summed E-state index contributed by atoms with van der Waals surface area (Å²) < 4.78 is 5.36. The highest BCUT2D eigenvalue weighted by Crippen LogP contribution is 2.26. The molecule has 4 nitrogen and oxygen atoms in total. The number of unbranched alkanes of at least 4 members (excludes halogenated alkanes) is 10. The van der Waals surface area contributed by atoms with E-state index in [4.69, 9.17) is 10.5 Å². The van der Waals surface area contributed by atoms with E-state index in [1.54, 1.807) is 0 Å². The number of rotatable bonds is 19. The number of carbonyl (C=O) groups excluding carboxylic acids is 2. The van der Waals surface area contributed by atoms with Crippen molar-refractivity contribution < 1.29 is 14.3 Å². The van der Waals surface area contributed by atoms with Crippen molar-refractivity contribution in [2.45, 2.75) is 116 Å². The Labute approximate surface area is 173 Å². The second kappa shape index (κ2) is 17.5. The third-order valence-corrected chi connectivity index (χ3v) is 5.16. The van der Waals surface area contributed by atoms with Crippen LogP contribution in [-0.2, 0) is 14.3 Å². The lowest BCUT2D eigenvalue weighted by atomic mass is 9.90. The molecule has 0 heterocycles. The largest absolute Gasteiger partial charge is 0.446 e. The molecule has 4 heteroatoms. The maximum Gasteiger partial charge on any atom is 0.331 e. The summed E-state index contributed by atoms with van der Waals surface area (Å²) >= 11 is 0. The molecule has 0 bridgehead atoms. The van der Waals surface area contributed by atoms with Crippen molar-refractivity contribution in [2.75, 3.05) is 0 Å². The zero-order valence-corrected chi connectivity index (χ0v) is 18.3. The number of esters is 1. The minimum Gasteiger partial charge on any atom is -0.446 e. The van der Waals surface area contributed by atoms with Gasteiger partial charge in [-0.05, 0) is 44.9 Å². The Morgan fingerprint density at radius 3 is 1.86 bits per heavy atom. The SMILES string of the molecule is C=CC(=O)OC(CCC)(CCCCCC/C=C\CCCCCCCC)C(N)=O. The average molecular weight is 394 g/mol. The van der Waals surface area contributed by atoms with E-state index in [9.17, 15) is 9.59 Å². The van der Waals surface area contributed by atoms with Crippen molar-refractivity contribution in [1.29, 1.82) is 0 Å². The van der Waals surface area contributed by atoms with Gasteiger partial charge in [-0.25, -0.2) is 4.79 Å². The molecule has 0 aliphatic rings. The first-order valence-electron chi connectivity index (χ1n) is 11.3. The van der Waals surface area contributed by atoms with E-state index < -0.39 is 17.5 Å². The van der Waals surface area contributed by atoms with Crippen molar-refractivity contribution in [3.63, 3.8) is 0 Å². The first-order valence-corrected chi connectivity index (χ1v) is 11.3. The zero-order chi connectivity index (χ0) is 21.1. The monoisotopic (exact) mass is 393 g/mol. The van der Waals surface area contributed by atoms with E-state index in [1.165, 1.54) is 44.9 Å². The number of hydrogen-bond acceptors (Lipinski definition) is 3. The van der Waals surface area contributed by atoms with Crippen LogP contribution in [0.2, 0.25) is 0 Å². The number of amides is 1. The Kier molecular flexibility index (Phi) is 16.5. The van der Waals surface area contributed by atoms with Gasteiger partial charge in [0, 0.05) is 6.08 Å². The standard InChI is InChI=1S/C24H43NO3/c1-4-7-8-9-10-11-12-13-14-15-16-17-18-19-21-24(20-5-2,23(25)27)28-22(26)6-3/h6,13-14H,3-5,7-12,15-21H2,1-2H3,(H2,25,27)/b14-13-. The fraction of sp³-hybridized carbons (Fsp3) is 0.750. The smallest absolute Gasteiger partial charge is 0.331 e. The molecule has 0 aromatic carbocycles. The van der Waals surface area contributed by atoms with Crippen LogP contribution in [0.3, 0.4) is 0 Å². The quantitative estimate of drug-likeness (QED) is 0.120. The molecule has 28 heavy (non-hydrogen) atoms.